The normalized spacial score (nSPS) is 11.2. The SMILES string of the molecule is CCCCc1nc2ccc(Br)cc2c(=O)n1N=Cc1cccc([N+](=O)[O-])c1OCC(=O)Nc1ccc(F)cc1. The number of anilines is 1. The predicted octanol–water partition coefficient (Wildman–Crippen LogP) is 5.45. The molecular formula is C27H23BrFN5O5. The number of nitrogens with one attached hydrogen (secondary N) is 1. The lowest BCUT2D eigenvalue weighted by Crippen LogP contribution is -2.23. The molecule has 0 spiro atoms. The molecule has 1 aromatic heterocycles. The van der Waals surface area contributed by atoms with Crippen molar-refractivity contribution >= 4 is 50.3 Å². The fourth-order valence-electron chi connectivity index (χ4n) is 3.74. The van der Waals surface area contributed by atoms with Gasteiger partial charge >= 0.3 is 5.69 Å². The van der Waals surface area contributed by atoms with Gasteiger partial charge in [-0.3, -0.25) is 19.7 Å². The van der Waals surface area contributed by atoms with E-state index in [4.69, 9.17) is 4.74 Å². The molecule has 0 unspecified atom stereocenters. The maximum Gasteiger partial charge on any atom is 0.311 e. The number of hydrogen-bond acceptors (Lipinski definition) is 7. The van der Waals surface area contributed by atoms with E-state index in [1.54, 1.807) is 18.2 Å². The fraction of sp³-hybridized carbons (Fsp3) is 0.185. The maximum atomic E-state index is 13.3. The first-order valence-electron chi connectivity index (χ1n) is 12.0. The van der Waals surface area contributed by atoms with E-state index in [-0.39, 0.29) is 17.0 Å². The summed E-state index contributed by atoms with van der Waals surface area (Å²) in [5.74, 6) is -0.816. The Balaban J connectivity index is 1.67. The summed E-state index contributed by atoms with van der Waals surface area (Å²) in [6, 6.07) is 14.5. The third-order valence-electron chi connectivity index (χ3n) is 5.64. The van der Waals surface area contributed by atoms with Crippen LogP contribution in [0.3, 0.4) is 0 Å². The quantitative estimate of drug-likeness (QED) is 0.147. The Hall–Kier alpha value is -4.45. The van der Waals surface area contributed by atoms with Crippen molar-refractivity contribution in [2.24, 2.45) is 5.10 Å². The van der Waals surface area contributed by atoms with Crippen LogP contribution in [-0.2, 0) is 11.2 Å². The molecule has 200 valence electrons. The number of nitrogens with zero attached hydrogens (tertiary/aromatic N) is 4. The van der Waals surface area contributed by atoms with Crippen LogP contribution in [0.15, 0.2) is 75.0 Å². The van der Waals surface area contributed by atoms with Crippen LogP contribution in [-0.4, -0.2) is 33.3 Å². The highest BCUT2D eigenvalue weighted by atomic mass is 79.9. The number of fused-ring (bicyclic) bond motifs is 1. The molecule has 0 aliphatic heterocycles. The number of aromatic nitrogens is 2. The number of amides is 1. The van der Waals surface area contributed by atoms with E-state index in [2.05, 4.69) is 31.3 Å². The molecule has 0 fully saturated rings. The zero-order valence-corrected chi connectivity index (χ0v) is 22.4. The second-order valence-corrected chi connectivity index (χ2v) is 9.37. The smallest absolute Gasteiger partial charge is 0.311 e. The van der Waals surface area contributed by atoms with Crippen LogP contribution in [0.5, 0.6) is 5.75 Å². The summed E-state index contributed by atoms with van der Waals surface area (Å²) in [5.41, 5.74) is 0.278. The van der Waals surface area contributed by atoms with Gasteiger partial charge < -0.3 is 10.1 Å². The number of carbonyl (C=O) groups excluding carboxylic acids is 1. The first-order valence-corrected chi connectivity index (χ1v) is 12.8. The van der Waals surface area contributed by atoms with Crippen molar-refractivity contribution in [3.63, 3.8) is 0 Å². The molecule has 1 N–H and O–H groups in total. The minimum atomic E-state index is -0.640. The molecule has 1 heterocycles. The largest absolute Gasteiger partial charge is 0.476 e. The summed E-state index contributed by atoms with van der Waals surface area (Å²) in [4.78, 5) is 41.4. The van der Waals surface area contributed by atoms with Crippen LogP contribution in [0, 0.1) is 15.9 Å². The van der Waals surface area contributed by atoms with Gasteiger partial charge in [-0.05, 0) is 55.0 Å². The Kier molecular flexibility index (Phi) is 8.77. The van der Waals surface area contributed by atoms with Crippen molar-refractivity contribution in [1.29, 1.82) is 0 Å². The Morgan fingerprint density at radius 2 is 2.00 bits per heavy atom. The molecule has 4 rings (SSSR count). The number of ether oxygens (including phenoxy) is 1. The molecule has 3 aromatic carbocycles. The Morgan fingerprint density at radius 1 is 1.23 bits per heavy atom. The molecule has 0 aliphatic rings. The van der Waals surface area contributed by atoms with E-state index in [1.807, 2.05) is 6.92 Å². The highest BCUT2D eigenvalue weighted by Crippen LogP contribution is 2.30. The van der Waals surface area contributed by atoms with Crippen molar-refractivity contribution < 1.29 is 18.8 Å². The highest BCUT2D eigenvalue weighted by molar-refractivity contribution is 9.10. The molecule has 12 heteroatoms. The van der Waals surface area contributed by atoms with E-state index < -0.39 is 28.8 Å². The number of benzene rings is 3. The predicted molar refractivity (Wildman–Crippen MR) is 149 cm³/mol. The average Bonchev–Trinajstić information content (AvgIpc) is 2.92. The second kappa shape index (κ2) is 12.4. The van der Waals surface area contributed by atoms with Crippen LogP contribution in [0.2, 0.25) is 0 Å². The zero-order chi connectivity index (χ0) is 27.9. The molecule has 1 amide bonds. The molecule has 39 heavy (non-hydrogen) atoms. The Labute approximate surface area is 230 Å². The van der Waals surface area contributed by atoms with Gasteiger partial charge in [0.25, 0.3) is 11.5 Å². The number of carbonyl (C=O) groups is 1. The van der Waals surface area contributed by atoms with Crippen LogP contribution in [0.1, 0.15) is 31.2 Å². The van der Waals surface area contributed by atoms with E-state index in [0.29, 0.717) is 33.3 Å². The highest BCUT2D eigenvalue weighted by Gasteiger charge is 2.20. The molecule has 10 nitrogen and oxygen atoms in total. The Morgan fingerprint density at radius 3 is 2.72 bits per heavy atom. The van der Waals surface area contributed by atoms with Crippen molar-refractivity contribution in [3.05, 3.63) is 103 Å². The summed E-state index contributed by atoms with van der Waals surface area (Å²) >= 11 is 3.37. The van der Waals surface area contributed by atoms with Crippen molar-refractivity contribution in [2.75, 3.05) is 11.9 Å². The zero-order valence-electron chi connectivity index (χ0n) is 20.8. The standard InChI is InChI=1S/C27H23BrFN5O5/c1-2-3-7-24-32-22-13-8-18(28)14-21(22)27(36)33(24)30-15-17-5-4-6-23(34(37)38)26(17)39-16-25(35)31-20-11-9-19(29)10-12-20/h4-6,8-15H,2-3,7,16H2,1H3,(H,31,35). The van der Waals surface area contributed by atoms with Gasteiger partial charge in [-0.2, -0.15) is 9.78 Å². The van der Waals surface area contributed by atoms with E-state index in [1.165, 1.54) is 53.4 Å². The maximum absolute atomic E-state index is 13.3. The van der Waals surface area contributed by atoms with Gasteiger partial charge in [-0.15, -0.1) is 0 Å². The Bertz CT molecular complexity index is 1620. The van der Waals surface area contributed by atoms with Gasteiger partial charge in [0.05, 0.1) is 22.0 Å². The molecular weight excluding hydrogens is 573 g/mol. The van der Waals surface area contributed by atoms with Gasteiger partial charge in [0.2, 0.25) is 5.75 Å². The molecule has 0 aliphatic carbocycles. The number of nitro groups is 1. The van der Waals surface area contributed by atoms with E-state index in [0.717, 1.165) is 12.8 Å². The average molecular weight is 596 g/mol. The van der Waals surface area contributed by atoms with Gasteiger partial charge in [0.15, 0.2) is 6.61 Å². The topological polar surface area (TPSA) is 129 Å². The molecule has 0 saturated carbocycles. The first-order chi connectivity index (χ1) is 18.8. The van der Waals surface area contributed by atoms with Gasteiger partial charge in [0, 0.05) is 28.2 Å². The summed E-state index contributed by atoms with van der Waals surface area (Å²) in [5, 5.41) is 18.9. The van der Waals surface area contributed by atoms with Gasteiger partial charge in [-0.25, -0.2) is 9.37 Å². The van der Waals surface area contributed by atoms with Crippen LogP contribution < -0.4 is 15.6 Å². The van der Waals surface area contributed by atoms with Crippen molar-refractivity contribution in [1.82, 2.24) is 9.66 Å². The van der Waals surface area contributed by atoms with Crippen LogP contribution >= 0.6 is 15.9 Å². The molecule has 4 aromatic rings. The molecule has 0 radical (unpaired) electrons. The second-order valence-electron chi connectivity index (χ2n) is 8.45. The summed E-state index contributed by atoms with van der Waals surface area (Å²) in [7, 11) is 0. The number of rotatable bonds is 10. The molecule has 0 bridgehead atoms. The number of aryl methyl sites for hydroxylation is 1. The molecule has 0 saturated heterocycles. The monoisotopic (exact) mass is 595 g/mol. The van der Waals surface area contributed by atoms with Crippen LogP contribution in [0.25, 0.3) is 10.9 Å². The fourth-order valence-corrected chi connectivity index (χ4v) is 4.10. The number of nitro benzene ring substituents is 1. The summed E-state index contributed by atoms with van der Waals surface area (Å²) in [6.45, 7) is 1.46. The summed E-state index contributed by atoms with van der Waals surface area (Å²) < 4.78 is 20.6. The van der Waals surface area contributed by atoms with Gasteiger partial charge in [-0.1, -0.05) is 35.3 Å². The lowest BCUT2D eigenvalue weighted by Gasteiger charge is -2.11. The number of hydrogen-bond donors (Lipinski definition) is 1. The number of unbranched alkanes of at least 4 members (excludes halogenated alkanes) is 1. The first kappa shape index (κ1) is 27.6. The number of para-hydroxylation sites is 1. The third-order valence-corrected chi connectivity index (χ3v) is 6.13. The van der Waals surface area contributed by atoms with Crippen molar-refractivity contribution in [2.45, 2.75) is 26.2 Å². The third kappa shape index (κ3) is 6.71. The van der Waals surface area contributed by atoms with Crippen molar-refractivity contribution in [3.8, 4) is 5.75 Å². The van der Waals surface area contributed by atoms with E-state index >= 15 is 0 Å². The minimum absolute atomic E-state index is 0.182. The minimum Gasteiger partial charge on any atom is -0.476 e. The summed E-state index contributed by atoms with van der Waals surface area (Å²) in [6.07, 6.45) is 3.42. The van der Waals surface area contributed by atoms with E-state index in [9.17, 15) is 24.1 Å². The molecule has 0 atom stereocenters. The van der Waals surface area contributed by atoms with Gasteiger partial charge in [0.1, 0.15) is 11.6 Å². The van der Waals surface area contributed by atoms with Crippen LogP contribution in [0.4, 0.5) is 15.8 Å². The lowest BCUT2D eigenvalue weighted by molar-refractivity contribution is -0.385. The lowest BCUT2D eigenvalue weighted by atomic mass is 10.2. The number of halogens is 2.